The van der Waals surface area contributed by atoms with Crippen molar-refractivity contribution in [3.63, 3.8) is 0 Å². The van der Waals surface area contributed by atoms with Gasteiger partial charge in [0, 0.05) is 11.4 Å². The minimum Gasteiger partial charge on any atom is -0.484 e. The van der Waals surface area contributed by atoms with E-state index in [0.29, 0.717) is 30.1 Å². The summed E-state index contributed by atoms with van der Waals surface area (Å²) in [5, 5.41) is 3.42. The van der Waals surface area contributed by atoms with Gasteiger partial charge >= 0.3 is 12.1 Å². The molecule has 0 saturated heterocycles. The van der Waals surface area contributed by atoms with Crippen molar-refractivity contribution in [2.45, 2.75) is 19.1 Å². The van der Waals surface area contributed by atoms with E-state index in [-0.39, 0.29) is 18.3 Å². The van der Waals surface area contributed by atoms with Crippen molar-refractivity contribution >= 4 is 17.2 Å². The molecule has 1 aromatic carbocycles. The van der Waals surface area contributed by atoms with Crippen LogP contribution in [-0.4, -0.2) is 34.1 Å². The SMILES string of the molecule is O=C(COc1ccccc1)N1CCc2cc(-c3noc(C(F)(F)F)n3)sc2C1. The third kappa shape index (κ3) is 3.86. The molecule has 0 fully saturated rings. The minimum absolute atomic E-state index is 0.0721. The molecule has 10 heteroatoms. The van der Waals surface area contributed by atoms with Crippen molar-refractivity contribution in [1.29, 1.82) is 0 Å². The first-order valence-corrected chi connectivity index (χ1v) is 9.20. The number of alkyl halides is 3. The van der Waals surface area contributed by atoms with E-state index in [4.69, 9.17) is 4.74 Å². The summed E-state index contributed by atoms with van der Waals surface area (Å²) in [5.41, 5.74) is 0.978. The molecule has 6 nitrogen and oxygen atoms in total. The number of halogens is 3. The largest absolute Gasteiger partial charge is 0.484 e. The highest BCUT2D eigenvalue weighted by atomic mass is 32.1. The Morgan fingerprint density at radius 1 is 1.29 bits per heavy atom. The minimum atomic E-state index is -4.68. The van der Waals surface area contributed by atoms with Crippen LogP contribution in [0.15, 0.2) is 40.9 Å². The molecule has 1 aliphatic rings. The Morgan fingerprint density at radius 2 is 2.07 bits per heavy atom. The van der Waals surface area contributed by atoms with Gasteiger partial charge in [-0.3, -0.25) is 4.79 Å². The molecule has 28 heavy (non-hydrogen) atoms. The summed E-state index contributed by atoms with van der Waals surface area (Å²) >= 11 is 1.26. The van der Waals surface area contributed by atoms with Gasteiger partial charge in [0.2, 0.25) is 5.82 Å². The van der Waals surface area contributed by atoms with Gasteiger partial charge in [0.25, 0.3) is 5.91 Å². The molecule has 3 heterocycles. The van der Waals surface area contributed by atoms with E-state index >= 15 is 0 Å². The monoisotopic (exact) mass is 409 g/mol. The molecular formula is C18H14F3N3O3S. The fraction of sp³-hybridized carbons (Fsp3) is 0.278. The van der Waals surface area contributed by atoms with Crippen LogP contribution in [0.2, 0.25) is 0 Å². The summed E-state index contributed by atoms with van der Waals surface area (Å²) in [7, 11) is 0. The van der Waals surface area contributed by atoms with Crippen LogP contribution in [0.3, 0.4) is 0 Å². The normalized spacial score (nSPS) is 14.0. The lowest BCUT2D eigenvalue weighted by Crippen LogP contribution is -2.38. The van der Waals surface area contributed by atoms with Crippen molar-refractivity contribution in [2.24, 2.45) is 0 Å². The first-order valence-electron chi connectivity index (χ1n) is 8.38. The van der Waals surface area contributed by atoms with Crippen molar-refractivity contribution in [3.8, 4) is 16.5 Å². The number of rotatable bonds is 4. The Morgan fingerprint density at radius 3 is 2.79 bits per heavy atom. The molecule has 0 atom stereocenters. The number of thiophene rings is 1. The second-order valence-electron chi connectivity index (χ2n) is 6.15. The van der Waals surface area contributed by atoms with E-state index in [9.17, 15) is 18.0 Å². The number of carbonyl (C=O) groups is 1. The second kappa shape index (κ2) is 7.27. The zero-order chi connectivity index (χ0) is 19.7. The highest BCUT2D eigenvalue weighted by Crippen LogP contribution is 2.35. The zero-order valence-electron chi connectivity index (χ0n) is 14.4. The molecule has 0 radical (unpaired) electrons. The second-order valence-corrected chi connectivity index (χ2v) is 7.28. The number of aromatic nitrogens is 2. The highest BCUT2D eigenvalue weighted by Gasteiger charge is 2.38. The van der Waals surface area contributed by atoms with E-state index in [1.807, 2.05) is 18.2 Å². The first kappa shape index (κ1) is 18.5. The van der Waals surface area contributed by atoms with Crippen molar-refractivity contribution in [3.05, 3.63) is 52.7 Å². The summed E-state index contributed by atoms with van der Waals surface area (Å²) < 4.78 is 47.7. The van der Waals surface area contributed by atoms with Gasteiger partial charge < -0.3 is 14.2 Å². The molecule has 146 valence electrons. The van der Waals surface area contributed by atoms with E-state index in [1.165, 1.54) is 11.3 Å². The summed E-state index contributed by atoms with van der Waals surface area (Å²) in [6.07, 6.45) is -4.07. The number of hydrogen-bond donors (Lipinski definition) is 0. The van der Waals surface area contributed by atoms with Crippen LogP contribution >= 0.6 is 11.3 Å². The third-order valence-electron chi connectivity index (χ3n) is 4.23. The van der Waals surface area contributed by atoms with Crippen LogP contribution in [0.5, 0.6) is 5.75 Å². The predicted octanol–water partition coefficient (Wildman–Crippen LogP) is 3.78. The quantitative estimate of drug-likeness (QED) is 0.656. The van der Waals surface area contributed by atoms with Gasteiger partial charge in [-0.25, -0.2) is 0 Å². The first-order chi connectivity index (χ1) is 13.4. The fourth-order valence-corrected chi connectivity index (χ4v) is 3.99. The van der Waals surface area contributed by atoms with Crippen LogP contribution in [0.25, 0.3) is 10.7 Å². The zero-order valence-corrected chi connectivity index (χ0v) is 15.2. The van der Waals surface area contributed by atoms with E-state index in [1.54, 1.807) is 23.1 Å². The lowest BCUT2D eigenvalue weighted by molar-refractivity contribution is -0.159. The number of fused-ring (bicyclic) bond motifs is 1. The maximum absolute atomic E-state index is 12.6. The molecule has 0 saturated carbocycles. The standard InChI is InChI=1S/C18H14F3N3O3S/c19-18(20,21)17-22-16(23-27-17)13-8-11-6-7-24(9-14(11)28-13)15(25)10-26-12-4-2-1-3-5-12/h1-5,8H,6-7,9-10H2. The van der Waals surface area contributed by atoms with Crippen molar-refractivity contribution in [2.75, 3.05) is 13.2 Å². The Balaban J connectivity index is 1.43. The molecule has 1 amide bonds. The van der Waals surface area contributed by atoms with Gasteiger partial charge in [-0.15, -0.1) is 11.3 Å². The van der Waals surface area contributed by atoms with E-state index < -0.39 is 12.1 Å². The van der Waals surface area contributed by atoms with Crippen LogP contribution in [-0.2, 0) is 23.9 Å². The molecule has 0 spiro atoms. The Bertz CT molecular complexity index is 985. The summed E-state index contributed by atoms with van der Waals surface area (Å²) in [4.78, 5) is 18.9. The van der Waals surface area contributed by atoms with Crippen molar-refractivity contribution < 1.29 is 27.2 Å². The third-order valence-corrected chi connectivity index (χ3v) is 5.39. The van der Waals surface area contributed by atoms with E-state index in [0.717, 1.165) is 10.4 Å². The summed E-state index contributed by atoms with van der Waals surface area (Å²) in [6, 6.07) is 10.8. The summed E-state index contributed by atoms with van der Waals surface area (Å²) in [5.74, 6) is -1.01. The van der Waals surface area contributed by atoms with Gasteiger partial charge in [-0.2, -0.15) is 18.2 Å². The van der Waals surface area contributed by atoms with Gasteiger partial charge in [0.15, 0.2) is 6.61 Å². The Kier molecular flexibility index (Phi) is 4.80. The number of ether oxygens (including phenoxy) is 1. The van der Waals surface area contributed by atoms with Crippen LogP contribution < -0.4 is 4.74 Å². The van der Waals surface area contributed by atoms with Gasteiger partial charge in [-0.05, 0) is 30.2 Å². The topological polar surface area (TPSA) is 68.5 Å². The predicted molar refractivity (Wildman–Crippen MR) is 93.7 cm³/mol. The highest BCUT2D eigenvalue weighted by molar-refractivity contribution is 7.15. The van der Waals surface area contributed by atoms with Crippen LogP contribution in [0.1, 0.15) is 16.3 Å². The number of hydrogen-bond acceptors (Lipinski definition) is 6. The maximum Gasteiger partial charge on any atom is 0.471 e. The molecule has 1 aliphatic heterocycles. The maximum atomic E-state index is 12.6. The molecule has 4 rings (SSSR count). The number of amides is 1. The fourth-order valence-electron chi connectivity index (χ4n) is 2.83. The molecular weight excluding hydrogens is 395 g/mol. The lowest BCUT2D eigenvalue weighted by atomic mass is 10.1. The number of nitrogens with zero attached hydrogens (tertiary/aromatic N) is 3. The van der Waals surface area contributed by atoms with Gasteiger partial charge in [-0.1, -0.05) is 23.4 Å². The average Bonchev–Trinajstić information content (AvgIpc) is 3.32. The van der Waals surface area contributed by atoms with Crippen LogP contribution in [0.4, 0.5) is 13.2 Å². The van der Waals surface area contributed by atoms with Crippen LogP contribution in [0, 0.1) is 0 Å². The van der Waals surface area contributed by atoms with Crippen molar-refractivity contribution in [1.82, 2.24) is 15.0 Å². The molecule has 0 bridgehead atoms. The summed E-state index contributed by atoms with van der Waals surface area (Å²) in [6.45, 7) is 0.818. The Labute approximate surface area is 161 Å². The molecule has 3 aromatic rings. The smallest absolute Gasteiger partial charge is 0.471 e. The molecule has 0 N–H and O–H groups in total. The van der Waals surface area contributed by atoms with Gasteiger partial charge in [0.1, 0.15) is 5.75 Å². The molecule has 0 aliphatic carbocycles. The Hall–Kier alpha value is -2.88. The average molecular weight is 409 g/mol. The number of carbonyl (C=O) groups excluding carboxylic acids is 1. The number of para-hydroxylation sites is 1. The lowest BCUT2D eigenvalue weighted by Gasteiger charge is -2.26. The van der Waals surface area contributed by atoms with E-state index in [2.05, 4.69) is 14.7 Å². The molecule has 2 aromatic heterocycles. The van der Waals surface area contributed by atoms with Gasteiger partial charge in [0.05, 0.1) is 11.4 Å². The molecule has 0 unspecified atom stereocenters. The number of benzene rings is 1.